The highest BCUT2D eigenvalue weighted by Crippen LogP contribution is 2.32. The summed E-state index contributed by atoms with van der Waals surface area (Å²) in [5.41, 5.74) is 1.40. The average Bonchev–Trinajstić information content (AvgIpc) is 3.27. The number of benzene rings is 3. The van der Waals surface area contributed by atoms with Gasteiger partial charge in [0.1, 0.15) is 10.4 Å². The van der Waals surface area contributed by atoms with Gasteiger partial charge in [0.25, 0.3) is 10.0 Å². The molecule has 0 radical (unpaired) electrons. The van der Waals surface area contributed by atoms with E-state index in [1.165, 1.54) is 55.6 Å². The van der Waals surface area contributed by atoms with E-state index in [4.69, 9.17) is 9.74 Å². The number of hydrogen-bond acceptors (Lipinski definition) is 9. The van der Waals surface area contributed by atoms with Crippen LogP contribution in [0.4, 0.5) is 17.1 Å². The average molecular weight is 468 g/mol. The summed E-state index contributed by atoms with van der Waals surface area (Å²) in [6, 6.07) is 14.5. The van der Waals surface area contributed by atoms with E-state index in [0.29, 0.717) is 11.3 Å². The van der Waals surface area contributed by atoms with Crippen molar-refractivity contribution in [1.29, 1.82) is 0 Å². The molecule has 0 aliphatic rings. The number of carbonyl (C=O) groups is 2. The molecule has 0 aliphatic heterocycles. The summed E-state index contributed by atoms with van der Waals surface area (Å²) in [4.78, 5) is 22.4. The standard InChI is InChI=1S/C21H16N4O7S/c1-31-21(28)13-4-6-14(7-5-13)22-17-11-10-16-18(24-32-23-16)19(17)33(29,30)25-15-8-2-12(3-9-15)20(26)27/h2-11,22,25H,1H3,(H,26,27). The van der Waals surface area contributed by atoms with Gasteiger partial charge in [0.05, 0.1) is 23.9 Å². The molecule has 0 atom stereocenters. The monoisotopic (exact) mass is 468 g/mol. The molecule has 0 fully saturated rings. The lowest BCUT2D eigenvalue weighted by Crippen LogP contribution is -2.15. The second-order valence-electron chi connectivity index (χ2n) is 6.76. The maximum Gasteiger partial charge on any atom is 0.337 e. The highest BCUT2D eigenvalue weighted by atomic mass is 32.2. The van der Waals surface area contributed by atoms with Crippen molar-refractivity contribution in [2.75, 3.05) is 17.1 Å². The number of carboxylic acids is 1. The molecule has 4 aromatic rings. The minimum Gasteiger partial charge on any atom is -0.478 e. The topological polar surface area (TPSA) is 161 Å². The van der Waals surface area contributed by atoms with Gasteiger partial charge < -0.3 is 15.2 Å². The number of ether oxygens (including phenoxy) is 1. The summed E-state index contributed by atoms with van der Waals surface area (Å²) in [6.45, 7) is 0. The van der Waals surface area contributed by atoms with Gasteiger partial charge in [-0.25, -0.2) is 22.6 Å². The smallest absolute Gasteiger partial charge is 0.337 e. The Morgan fingerprint density at radius 2 is 1.55 bits per heavy atom. The van der Waals surface area contributed by atoms with Gasteiger partial charge in [-0.3, -0.25) is 4.72 Å². The van der Waals surface area contributed by atoms with Crippen molar-refractivity contribution in [1.82, 2.24) is 10.3 Å². The molecule has 0 unspecified atom stereocenters. The van der Waals surface area contributed by atoms with Gasteiger partial charge in [-0.2, -0.15) is 0 Å². The van der Waals surface area contributed by atoms with Crippen LogP contribution >= 0.6 is 0 Å². The van der Waals surface area contributed by atoms with Gasteiger partial charge >= 0.3 is 11.9 Å². The number of nitrogens with zero attached hydrogens (tertiary/aromatic N) is 2. The van der Waals surface area contributed by atoms with Crippen LogP contribution in [0.1, 0.15) is 20.7 Å². The Morgan fingerprint density at radius 3 is 2.18 bits per heavy atom. The summed E-state index contributed by atoms with van der Waals surface area (Å²) < 4.78 is 38.4. The summed E-state index contributed by atoms with van der Waals surface area (Å²) in [5, 5.41) is 19.4. The third-order valence-electron chi connectivity index (χ3n) is 4.62. The molecular formula is C21H16N4O7S. The second-order valence-corrected chi connectivity index (χ2v) is 8.38. The number of carbonyl (C=O) groups excluding carboxylic acids is 1. The fourth-order valence-corrected chi connectivity index (χ4v) is 4.40. The molecule has 0 amide bonds. The van der Waals surface area contributed by atoms with Crippen molar-refractivity contribution in [3.05, 3.63) is 71.8 Å². The maximum absolute atomic E-state index is 13.3. The molecule has 33 heavy (non-hydrogen) atoms. The minimum atomic E-state index is -4.22. The number of nitrogens with one attached hydrogen (secondary N) is 2. The summed E-state index contributed by atoms with van der Waals surface area (Å²) >= 11 is 0. The lowest BCUT2D eigenvalue weighted by atomic mass is 10.2. The predicted octanol–water partition coefficient (Wildman–Crippen LogP) is 3.25. The number of aromatic carboxylic acids is 1. The summed E-state index contributed by atoms with van der Waals surface area (Å²) in [6.07, 6.45) is 0. The van der Waals surface area contributed by atoms with E-state index in [1.54, 1.807) is 12.1 Å². The largest absolute Gasteiger partial charge is 0.478 e. The summed E-state index contributed by atoms with van der Waals surface area (Å²) in [7, 11) is -2.94. The second kappa shape index (κ2) is 8.59. The van der Waals surface area contributed by atoms with Crippen LogP contribution in [0.5, 0.6) is 0 Å². The molecule has 3 aromatic carbocycles. The van der Waals surface area contributed by atoms with E-state index < -0.39 is 22.0 Å². The first-order valence-corrected chi connectivity index (χ1v) is 10.8. The van der Waals surface area contributed by atoms with Crippen LogP contribution in [0.25, 0.3) is 11.0 Å². The Bertz CT molecular complexity index is 1450. The Morgan fingerprint density at radius 1 is 0.909 bits per heavy atom. The number of carboxylic acid groups (broad SMARTS) is 1. The third-order valence-corrected chi connectivity index (χ3v) is 6.07. The van der Waals surface area contributed by atoms with Gasteiger partial charge in [-0.1, -0.05) is 0 Å². The Balaban J connectivity index is 1.71. The molecule has 12 heteroatoms. The first-order chi connectivity index (χ1) is 15.8. The fraction of sp³-hybridized carbons (Fsp3) is 0.0476. The van der Waals surface area contributed by atoms with Crippen LogP contribution in [0.2, 0.25) is 0 Å². The van der Waals surface area contributed by atoms with Crippen molar-refractivity contribution in [3.8, 4) is 0 Å². The fourth-order valence-electron chi connectivity index (χ4n) is 3.05. The van der Waals surface area contributed by atoms with Crippen molar-refractivity contribution in [3.63, 3.8) is 0 Å². The van der Waals surface area contributed by atoms with E-state index in [1.807, 2.05) is 0 Å². The summed E-state index contributed by atoms with van der Waals surface area (Å²) in [5.74, 6) is -1.63. The number of fused-ring (bicyclic) bond motifs is 1. The SMILES string of the molecule is COC(=O)c1ccc(Nc2ccc3nonc3c2S(=O)(=O)Nc2ccc(C(=O)O)cc2)cc1. The van der Waals surface area contributed by atoms with Crippen LogP contribution in [0, 0.1) is 0 Å². The molecule has 0 bridgehead atoms. The van der Waals surface area contributed by atoms with Gasteiger partial charge in [-0.15, -0.1) is 0 Å². The van der Waals surface area contributed by atoms with E-state index in [-0.39, 0.29) is 32.9 Å². The first-order valence-electron chi connectivity index (χ1n) is 9.35. The molecule has 0 saturated heterocycles. The van der Waals surface area contributed by atoms with E-state index in [9.17, 15) is 18.0 Å². The zero-order valence-corrected chi connectivity index (χ0v) is 17.8. The van der Waals surface area contributed by atoms with Crippen LogP contribution in [0.15, 0.2) is 70.2 Å². The number of hydrogen-bond donors (Lipinski definition) is 3. The number of esters is 1. The molecule has 11 nitrogen and oxygen atoms in total. The van der Waals surface area contributed by atoms with Crippen LogP contribution in [-0.2, 0) is 14.8 Å². The van der Waals surface area contributed by atoms with Crippen LogP contribution in [-0.4, -0.2) is 42.9 Å². The minimum absolute atomic E-state index is 0.000775. The molecular weight excluding hydrogens is 452 g/mol. The Labute approximate surface area is 187 Å². The van der Waals surface area contributed by atoms with Crippen molar-refractivity contribution < 1.29 is 32.5 Å². The van der Waals surface area contributed by atoms with Gasteiger partial charge in [0, 0.05) is 11.4 Å². The number of aromatic nitrogens is 2. The molecule has 0 aliphatic carbocycles. The predicted molar refractivity (Wildman–Crippen MR) is 117 cm³/mol. The molecule has 1 heterocycles. The first kappa shape index (κ1) is 21.8. The normalized spacial score (nSPS) is 11.2. The Hall–Kier alpha value is -4.45. The molecule has 3 N–H and O–H groups in total. The van der Waals surface area contributed by atoms with E-state index >= 15 is 0 Å². The number of sulfonamides is 1. The third kappa shape index (κ3) is 4.45. The quantitative estimate of drug-likeness (QED) is 0.343. The van der Waals surface area contributed by atoms with Crippen LogP contribution < -0.4 is 10.0 Å². The van der Waals surface area contributed by atoms with E-state index in [2.05, 4.69) is 25.1 Å². The van der Waals surface area contributed by atoms with Gasteiger partial charge in [0.2, 0.25) is 0 Å². The van der Waals surface area contributed by atoms with Gasteiger partial charge in [0.15, 0.2) is 5.52 Å². The zero-order valence-electron chi connectivity index (χ0n) is 17.0. The number of anilines is 3. The Kier molecular flexibility index (Phi) is 5.67. The molecule has 0 spiro atoms. The van der Waals surface area contributed by atoms with Crippen molar-refractivity contribution in [2.24, 2.45) is 0 Å². The van der Waals surface area contributed by atoms with Gasteiger partial charge in [-0.05, 0) is 71.0 Å². The van der Waals surface area contributed by atoms with Crippen molar-refractivity contribution in [2.45, 2.75) is 4.90 Å². The highest BCUT2D eigenvalue weighted by molar-refractivity contribution is 7.93. The lowest BCUT2D eigenvalue weighted by Gasteiger charge is -2.14. The number of methoxy groups -OCH3 is 1. The lowest BCUT2D eigenvalue weighted by molar-refractivity contribution is 0.0599. The van der Waals surface area contributed by atoms with E-state index in [0.717, 1.165) is 0 Å². The van der Waals surface area contributed by atoms with Crippen molar-refractivity contribution >= 4 is 50.1 Å². The molecule has 168 valence electrons. The highest BCUT2D eigenvalue weighted by Gasteiger charge is 2.25. The zero-order chi connectivity index (χ0) is 23.6. The molecule has 4 rings (SSSR count). The molecule has 0 saturated carbocycles. The molecule has 1 aromatic heterocycles. The van der Waals surface area contributed by atoms with Crippen LogP contribution in [0.3, 0.4) is 0 Å². The maximum atomic E-state index is 13.3. The number of rotatable bonds is 7.